The highest BCUT2D eigenvalue weighted by atomic mass is 32.1. The van der Waals surface area contributed by atoms with Crippen LogP contribution >= 0.6 is 12.6 Å². The fourth-order valence-electron chi connectivity index (χ4n) is 2.19. The Hall–Kier alpha value is -0.630. The fourth-order valence-corrected chi connectivity index (χ4v) is 2.85. The summed E-state index contributed by atoms with van der Waals surface area (Å²) >= 11 is 4.56. The Morgan fingerprint density at radius 3 is 2.26 bits per heavy atom. The number of thiol groups is 1. The van der Waals surface area contributed by atoms with Gasteiger partial charge in [-0.1, -0.05) is 52.3 Å². The normalized spacial score (nSPS) is 13.3. The van der Waals surface area contributed by atoms with E-state index in [9.17, 15) is 0 Å². The Labute approximate surface area is 124 Å². The van der Waals surface area contributed by atoms with Crippen LogP contribution in [0.25, 0.3) is 0 Å². The monoisotopic (exact) mass is 279 g/mol. The number of unbranched alkanes of at least 4 members (excludes halogenated alkanes) is 1. The van der Waals surface area contributed by atoms with E-state index in [1.807, 2.05) is 0 Å². The second-order valence-electron chi connectivity index (χ2n) is 6.38. The van der Waals surface area contributed by atoms with E-state index in [1.165, 1.54) is 18.5 Å². The van der Waals surface area contributed by atoms with E-state index >= 15 is 0 Å². The molecule has 0 bridgehead atoms. The number of hydrogen-bond donors (Lipinski definition) is 1. The first-order valence-corrected chi connectivity index (χ1v) is 8.03. The van der Waals surface area contributed by atoms with Crippen molar-refractivity contribution in [2.45, 2.75) is 40.5 Å². The third kappa shape index (κ3) is 5.48. The summed E-state index contributed by atoms with van der Waals surface area (Å²) in [5.74, 6) is 1.55. The predicted octanol–water partition coefficient (Wildman–Crippen LogP) is 4.89. The molecule has 2 heteroatoms. The van der Waals surface area contributed by atoms with Gasteiger partial charge in [0.25, 0.3) is 0 Å². The first-order chi connectivity index (χ1) is 8.99. The highest BCUT2D eigenvalue weighted by Gasteiger charge is 2.25. The molecule has 0 aliphatic heterocycles. The maximum absolute atomic E-state index is 4.56. The van der Waals surface area contributed by atoms with Gasteiger partial charge in [0.05, 0.1) is 0 Å². The molecule has 0 aliphatic carbocycles. The summed E-state index contributed by atoms with van der Waals surface area (Å²) in [6.45, 7) is 11.4. The van der Waals surface area contributed by atoms with Crippen molar-refractivity contribution in [2.24, 2.45) is 11.3 Å². The van der Waals surface area contributed by atoms with Gasteiger partial charge >= 0.3 is 0 Å². The molecule has 1 nitrogen and oxygen atoms in total. The van der Waals surface area contributed by atoms with Crippen LogP contribution < -0.4 is 4.90 Å². The van der Waals surface area contributed by atoms with Crippen LogP contribution in [-0.4, -0.2) is 18.8 Å². The molecule has 1 atom stereocenters. The topological polar surface area (TPSA) is 3.24 Å². The molecule has 0 saturated heterocycles. The molecule has 19 heavy (non-hydrogen) atoms. The molecule has 1 aromatic carbocycles. The molecule has 108 valence electrons. The summed E-state index contributed by atoms with van der Waals surface area (Å²) in [6.07, 6.45) is 2.49. The summed E-state index contributed by atoms with van der Waals surface area (Å²) in [5.41, 5.74) is 1.65. The molecule has 0 saturated carbocycles. The van der Waals surface area contributed by atoms with Crippen molar-refractivity contribution >= 4 is 18.3 Å². The van der Waals surface area contributed by atoms with Gasteiger partial charge in [-0.25, -0.2) is 0 Å². The van der Waals surface area contributed by atoms with Crippen molar-refractivity contribution in [3.8, 4) is 0 Å². The molecule has 0 amide bonds. The van der Waals surface area contributed by atoms with Gasteiger partial charge in [-0.2, -0.15) is 12.6 Å². The van der Waals surface area contributed by atoms with E-state index in [2.05, 4.69) is 75.6 Å². The summed E-state index contributed by atoms with van der Waals surface area (Å²) in [7, 11) is 0. The summed E-state index contributed by atoms with van der Waals surface area (Å²) in [4.78, 5) is 2.52. The molecular weight excluding hydrogens is 250 g/mol. The molecule has 0 N–H and O–H groups in total. The lowest BCUT2D eigenvalue weighted by molar-refractivity contribution is 0.269. The standard InChI is InChI=1S/C17H29NS/c1-5-6-12-18(16-10-8-7-9-11-16)13-15(14-19)17(2,3)4/h7-11,15,19H,5-6,12-14H2,1-4H3. The van der Waals surface area contributed by atoms with Gasteiger partial charge in [-0.3, -0.25) is 0 Å². The average Bonchev–Trinajstić information content (AvgIpc) is 2.38. The van der Waals surface area contributed by atoms with Gasteiger partial charge in [0.2, 0.25) is 0 Å². The summed E-state index contributed by atoms with van der Waals surface area (Å²) < 4.78 is 0. The molecule has 0 spiro atoms. The van der Waals surface area contributed by atoms with E-state index in [0.717, 1.165) is 18.8 Å². The van der Waals surface area contributed by atoms with Crippen molar-refractivity contribution in [3.63, 3.8) is 0 Å². The second-order valence-corrected chi connectivity index (χ2v) is 6.75. The molecule has 0 heterocycles. The number of nitrogens with zero attached hydrogens (tertiary/aromatic N) is 1. The van der Waals surface area contributed by atoms with Crippen LogP contribution in [0.3, 0.4) is 0 Å². The van der Waals surface area contributed by atoms with Crippen LogP contribution in [0.4, 0.5) is 5.69 Å². The smallest absolute Gasteiger partial charge is 0.0366 e. The van der Waals surface area contributed by atoms with E-state index in [0.29, 0.717) is 11.3 Å². The van der Waals surface area contributed by atoms with E-state index < -0.39 is 0 Å². The summed E-state index contributed by atoms with van der Waals surface area (Å²) in [5, 5.41) is 0. The van der Waals surface area contributed by atoms with Crippen LogP contribution in [0.1, 0.15) is 40.5 Å². The van der Waals surface area contributed by atoms with Crippen LogP contribution in [0.5, 0.6) is 0 Å². The molecule has 0 aromatic heterocycles. The van der Waals surface area contributed by atoms with Crippen LogP contribution in [-0.2, 0) is 0 Å². The quantitative estimate of drug-likeness (QED) is 0.696. The first-order valence-electron chi connectivity index (χ1n) is 7.40. The molecular formula is C17H29NS. The third-order valence-electron chi connectivity index (χ3n) is 3.79. The maximum Gasteiger partial charge on any atom is 0.0366 e. The maximum atomic E-state index is 4.56. The highest BCUT2D eigenvalue weighted by Crippen LogP contribution is 2.29. The SMILES string of the molecule is CCCCN(CC(CS)C(C)(C)C)c1ccccc1. The lowest BCUT2D eigenvalue weighted by atomic mass is 9.81. The van der Waals surface area contributed by atoms with E-state index in [1.54, 1.807) is 0 Å². The second kappa shape index (κ2) is 7.84. The van der Waals surface area contributed by atoms with Crippen molar-refractivity contribution < 1.29 is 0 Å². The molecule has 1 rings (SSSR count). The van der Waals surface area contributed by atoms with E-state index in [-0.39, 0.29) is 0 Å². The van der Waals surface area contributed by atoms with Gasteiger partial charge in [-0.05, 0) is 35.6 Å². The number of hydrogen-bond acceptors (Lipinski definition) is 2. The van der Waals surface area contributed by atoms with Crippen molar-refractivity contribution in [1.29, 1.82) is 0 Å². The molecule has 1 unspecified atom stereocenters. The van der Waals surface area contributed by atoms with Gasteiger partial charge in [0.15, 0.2) is 0 Å². The number of anilines is 1. The Kier molecular flexibility index (Phi) is 6.78. The van der Waals surface area contributed by atoms with Gasteiger partial charge in [0.1, 0.15) is 0 Å². The zero-order valence-electron chi connectivity index (χ0n) is 12.9. The van der Waals surface area contributed by atoms with E-state index in [4.69, 9.17) is 0 Å². The predicted molar refractivity (Wildman–Crippen MR) is 90.4 cm³/mol. The van der Waals surface area contributed by atoms with Crippen molar-refractivity contribution in [2.75, 3.05) is 23.7 Å². The van der Waals surface area contributed by atoms with Crippen molar-refractivity contribution in [1.82, 2.24) is 0 Å². The molecule has 0 radical (unpaired) electrons. The minimum Gasteiger partial charge on any atom is -0.371 e. The Morgan fingerprint density at radius 2 is 1.79 bits per heavy atom. The molecule has 0 aliphatic rings. The van der Waals surface area contributed by atoms with Gasteiger partial charge in [-0.15, -0.1) is 0 Å². The fraction of sp³-hybridized carbons (Fsp3) is 0.647. The summed E-state index contributed by atoms with van der Waals surface area (Å²) in [6, 6.07) is 10.8. The first kappa shape index (κ1) is 16.4. The van der Waals surface area contributed by atoms with Gasteiger partial charge < -0.3 is 4.90 Å². The minimum absolute atomic E-state index is 0.307. The average molecular weight is 279 g/mol. The van der Waals surface area contributed by atoms with Crippen LogP contribution in [0, 0.1) is 11.3 Å². The number of benzene rings is 1. The Bertz CT molecular complexity index is 342. The van der Waals surface area contributed by atoms with Crippen LogP contribution in [0.2, 0.25) is 0 Å². The Balaban J connectivity index is 2.80. The third-order valence-corrected chi connectivity index (χ3v) is 4.23. The zero-order valence-corrected chi connectivity index (χ0v) is 13.8. The minimum atomic E-state index is 0.307. The van der Waals surface area contributed by atoms with Crippen molar-refractivity contribution in [3.05, 3.63) is 30.3 Å². The lowest BCUT2D eigenvalue weighted by Crippen LogP contribution is -2.37. The molecule has 0 fully saturated rings. The lowest BCUT2D eigenvalue weighted by Gasteiger charge is -2.36. The van der Waals surface area contributed by atoms with Gasteiger partial charge in [0, 0.05) is 18.8 Å². The number of rotatable bonds is 7. The zero-order chi connectivity index (χ0) is 14.3. The number of para-hydroxylation sites is 1. The molecule has 1 aromatic rings. The van der Waals surface area contributed by atoms with Crippen LogP contribution in [0.15, 0.2) is 30.3 Å². The highest BCUT2D eigenvalue weighted by molar-refractivity contribution is 7.80. The Morgan fingerprint density at radius 1 is 1.16 bits per heavy atom. The largest absolute Gasteiger partial charge is 0.371 e.